The van der Waals surface area contributed by atoms with E-state index in [4.69, 9.17) is 9.47 Å². The average molecular weight is 960 g/mol. The van der Waals surface area contributed by atoms with Gasteiger partial charge in [-0.15, -0.1) is 13.2 Å². The van der Waals surface area contributed by atoms with Crippen LogP contribution in [0, 0.1) is 11.3 Å². The van der Waals surface area contributed by atoms with Crippen LogP contribution in [0.15, 0.2) is 67.0 Å². The fraction of sp³-hybridized carbons (Fsp3) is 0.490. The monoisotopic (exact) mass is 959 g/mol. The number of imidazole rings is 1. The van der Waals surface area contributed by atoms with E-state index in [2.05, 4.69) is 44.2 Å². The van der Waals surface area contributed by atoms with E-state index in [0.717, 1.165) is 12.5 Å². The summed E-state index contributed by atoms with van der Waals surface area (Å²) in [4.78, 5) is 85.6. The third kappa shape index (κ3) is 11.1. The molecule has 0 radical (unpaired) electrons. The normalized spacial score (nSPS) is 20.8. The van der Waals surface area contributed by atoms with Crippen LogP contribution in [0.2, 0.25) is 0 Å². The molecule has 3 saturated heterocycles. The van der Waals surface area contributed by atoms with Gasteiger partial charge in [0.1, 0.15) is 35.6 Å². The van der Waals surface area contributed by atoms with Gasteiger partial charge in [0.2, 0.25) is 17.7 Å². The molecule has 2 aromatic heterocycles. The van der Waals surface area contributed by atoms with Crippen molar-refractivity contribution in [1.82, 2.24) is 35.0 Å². The summed E-state index contributed by atoms with van der Waals surface area (Å²) in [5, 5.41) is 5.36. The number of nitrogens with zero attached hydrogens (tertiary/aromatic N) is 6. The number of aromatic amines is 1. The number of ether oxygens (including phenoxy) is 3. The minimum absolute atomic E-state index is 0.0834. The van der Waals surface area contributed by atoms with Crippen LogP contribution in [0.3, 0.4) is 0 Å². The second kappa shape index (κ2) is 20.1. The molecular formula is C49H60F3N9O8. The zero-order chi connectivity index (χ0) is 50.0. The van der Waals surface area contributed by atoms with Crippen molar-refractivity contribution in [3.63, 3.8) is 0 Å². The highest BCUT2D eigenvalue weighted by Gasteiger charge is 2.49. The van der Waals surface area contributed by atoms with Gasteiger partial charge in [0.15, 0.2) is 0 Å². The van der Waals surface area contributed by atoms with Crippen LogP contribution in [-0.4, -0.2) is 137 Å². The van der Waals surface area contributed by atoms with Crippen LogP contribution in [0.5, 0.6) is 5.75 Å². The van der Waals surface area contributed by atoms with E-state index < -0.39 is 41.7 Å². The fourth-order valence-electron chi connectivity index (χ4n) is 9.66. The van der Waals surface area contributed by atoms with Crippen LogP contribution in [0.25, 0.3) is 22.4 Å². The number of H-pyrrole nitrogens is 1. The zero-order valence-corrected chi connectivity index (χ0v) is 40.1. The molecule has 4 atom stereocenters. The SMILES string of the molecule is COCC(=O)N1CCCC1(C)C(=O)N1CCN(c2ccc(NC(=O)c3ccc(-c4ccc(-c5cnc(C6CC(C)(C)CN6C(=O)C(NC(=O)OC)C(C)C)[nH]5)cc4)c(OC(F)(F)F)c3)cn2)C(C)C1. The number of alkyl carbamates (subject to hydrolysis) is 1. The van der Waals surface area contributed by atoms with Crippen LogP contribution in [-0.2, 0) is 23.9 Å². The maximum Gasteiger partial charge on any atom is 0.573 e. The second-order valence-electron chi connectivity index (χ2n) is 19.2. The molecule has 3 aliphatic rings. The summed E-state index contributed by atoms with van der Waals surface area (Å²) in [5.41, 5.74) is 0.828. The molecule has 17 nitrogen and oxygen atoms in total. The largest absolute Gasteiger partial charge is 0.573 e. The fourth-order valence-corrected chi connectivity index (χ4v) is 9.66. The Kier molecular flexibility index (Phi) is 14.6. The number of pyridine rings is 1. The van der Waals surface area contributed by atoms with Gasteiger partial charge >= 0.3 is 12.5 Å². The molecule has 20 heteroatoms. The highest BCUT2D eigenvalue weighted by Crippen LogP contribution is 2.43. The van der Waals surface area contributed by atoms with Crippen molar-refractivity contribution in [2.45, 2.75) is 90.8 Å². The summed E-state index contributed by atoms with van der Waals surface area (Å²) in [5.74, 6) is -0.871. The number of benzene rings is 2. The number of likely N-dealkylation sites (tertiary alicyclic amines) is 2. The molecule has 3 N–H and O–H groups in total. The molecule has 0 spiro atoms. The number of hydrogen-bond acceptors (Lipinski definition) is 11. The van der Waals surface area contributed by atoms with Gasteiger partial charge in [-0.1, -0.05) is 52.0 Å². The molecule has 0 saturated carbocycles. The number of alkyl halides is 3. The van der Waals surface area contributed by atoms with Gasteiger partial charge in [0.25, 0.3) is 5.91 Å². The first-order valence-electron chi connectivity index (χ1n) is 22.9. The Hall–Kier alpha value is -6.70. The molecule has 4 aromatic rings. The lowest BCUT2D eigenvalue weighted by Crippen LogP contribution is -2.62. The lowest BCUT2D eigenvalue weighted by Gasteiger charge is -2.44. The first-order valence-corrected chi connectivity index (χ1v) is 22.9. The van der Waals surface area contributed by atoms with Crippen LogP contribution >= 0.6 is 0 Å². The number of carbonyl (C=O) groups excluding carboxylic acids is 5. The van der Waals surface area contributed by atoms with Crippen molar-refractivity contribution in [2.24, 2.45) is 11.3 Å². The third-order valence-electron chi connectivity index (χ3n) is 13.2. The number of hydrogen-bond donors (Lipinski definition) is 3. The summed E-state index contributed by atoms with van der Waals surface area (Å²) in [6.45, 7) is 13.7. The first kappa shape index (κ1) is 50.2. The molecule has 370 valence electrons. The molecule has 7 rings (SSSR count). The van der Waals surface area contributed by atoms with Gasteiger partial charge in [-0.2, -0.15) is 0 Å². The van der Waals surface area contributed by atoms with Crippen molar-refractivity contribution in [1.29, 1.82) is 0 Å². The zero-order valence-electron chi connectivity index (χ0n) is 40.1. The molecule has 0 aliphatic carbocycles. The minimum atomic E-state index is -5.06. The molecule has 5 heterocycles. The number of aromatic nitrogens is 3. The average Bonchev–Trinajstić information content (AvgIpc) is 4.04. The Morgan fingerprint density at radius 2 is 1.65 bits per heavy atom. The summed E-state index contributed by atoms with van der Waals surface area (Å²) in [7, 11) is 2.69. The molecule has 2 aromatic carbocycles. The molecule has 69 heavy (non-hydrogen) atoms. The van der Waals surface area contributed by atoms with Gasteiger partial charge in [-0.3, -0.25) is 19.2 Å². The summed E-state index contributed by atoms with van der Waals surface area (Å²) >= 11 is 0. The number of carbonyl (C=O) groups is 5. The van der Waals surface area contributed by atoms with E-state index in [9.17, 15) is 37.1 Å². The molecule has 3 fully saturated rings. The van der Waals surface area contributed by atoms with Crippen molar-refractivity contribution >= 4 is 41.2 Å². The van der Waals surface area contributed by atoms with Gasteiger partial charge in [-0.25, -0.2) is 14.8 Å². The number of amides is 5. The number of methoxy groups -OCH3 is 2. The first-order chi connectivity index (χ1) is 32.6. The van der Waals surface area contributed by atoms with Gasteiger partial charge < -0.3 is 49.4 Å². The summed E-state index contributed by atoms with van der Waals surface area (Å²) in [6, 6.07) is 12.6. The Bertz CT molecular complexity index is 2530. The van der Waals surface area contributed by atoms with Crippen LogP contribution < -0.4 is 20.3 Å². The smallest absolute Gasteiger partial charge is 0.453 e. The molecule has 3 aliphatic heterocycles. The molecular weight excluding hydrogens is 900 g/mol. The summed E-state index contributed by atoms with van der Waals surface area (Å²) < 4.78 is 55.7. The second-order valence-corrected chi connectivity index (χ2v) is 19.2. The van der Waals surface area contributed by atoms with E-state index in [1.165, 1.54) is 32.5 Å². The minimum Gasteiger partial charge on any atom is -0.453 e. The van der Waals surface area contributed by atoms with Gasteiger partial charge in [0.05, 0.1) is 36.9 Å². The Morgan fingerprint density at radius 3 is 2.29 bits per heavy atom. The topological polar surface area (TPSA) is 192 Å². The van der Waals surface area contributed by atoms with Crippen LogP contribution in [0.4, 0.5) is 29.5 Å². The lowest BCUT2D eigenvalue weighted by molar-refractivity contribution is -0.274. The van der Waals surface area contributed by atoms with E-state index >= 15 is 0 Å². The standard InChI is InChI=1S/C49H60F3N9O8/c1-29(2)41(57-46(66)68-8)44(64)60-28-47(4,5)23-37(60)42-54-25-36(56-42)32-12-10-31(11-13-32)35-16-14-33(22-38(35)69-49(50,51)52)43(63)55-34-15-17-39(53-24-34)59-21-20-58(26-30(59)3)45(65)48(6)18-9-19-61(48)40(62)27-67-7/h10-17,22,24-25,29-30,37,41H,9,18-21,23,26-28H2,1-8H3,(H,54,56)(H,55,63)(H,57,66). The lowest BCUT2D eigenvalue weighted by atomic mass is 9.90. The molecule has 0 bridgehead atoms. The molecule has 4 unspecified atom stereocenters. The van der Waals surface area contributed by atoms with Crippen molar-refractivity contribution in [3.05, 3.63) is 78.4 Å². The number of nitrogens with one attached hydrogen (secondary N) is 3. The van der Waals surface area contributed by atoms with E-state index in [0.29, 0.717) is 79.7 Å². The third-order valence-corrected chi connectivity index (χ3v) is 13.2. The van der Waals surface area contributed by atoms with Gasteiger partial charge in [-0.05, 0) is 85.9 Å². The van der Waals surface area contributed by atoms with E-state index in [-0.39, 0.29) is 52.8 Å². The summed E-state index contributed by atoms with van der Waals surface area (Å²) in [6.07, 6.45) is -0.762. The van der Waals surface area contributed by atoms with E-state index in [1.807, 2.05) is 32.6 Å². The highest BCUT2D eigenvalue weighted by atomic mass is 19.4. The van der Waals surface area contributed by atoms with Crippen LogP contribution in [0.1, 0.15) is 83.0 Å². The van der Waals surface area contributed by atoms with E-state index in [1.54, 1.807) is 57.3 Å². The van der Waals surface area contributed by atoms with Crippen molar-refractivity contribution in [3.8, 4) is 28.1 Å². The Balaban J connectivity index is 1.01. The van der Waals surface area contributed by atoms with Crippen molar-refractivity contribution < 1.29 is 51.4 Å². The maximum absolute atomic E-state index is 13.9. The number of piperazine rings is 1. The number of anilines is 2. The van der Waals surface area contributed by atoms with Crippen molar-refractivity contribution in [2.75, 3.05) is 63.8 Å². The highest BCUT2D eigenvalue weighted by molar-refractivity contribution is 6.05. The maximum atomic E-state index is 13.9. The Morgan fingerprint density at radius 1 is 0.928 bits per heavy atom. The number of rotatable bonds is 13. The number of halogens is 3. The Labute approximate surface area is 399 Å². The van der Waals surface area contributed by atoms with Gasteiger partial charge in [0, 0.05) is 57.0 Å². The predicted molar refractivity (Wildman–Crippen MR) is 250 cm³/mol. The quantitative estimate of drug-likeness (QED) is 0.125. The molecule has 5 amide bonds. The predicted octanol–water partition coefficient (Wildman–Crippen LogP) is 7.03.